The summed E-state index contributed by atoms with van der Waals surface area (Å²) in [6.45, 7) is 6.14. The summed E-state index contributed by atoms with van der Waals surface area (Å²) in [5.41, 5.74) is 0. The number of nitrogens with zero attached hydrogens (tertiary/aromatic N) is 1. The van der Waals surface area contributed by atoms with Gasteiger partial charge in [-0.15, -0.1) is 0 Å². The second kappa shape index (κ2) is 7.46. The predicted octanol–water partition coefficient (Wildman–Crippen LogP) is 0.416. The highest BCUT2D eigenvalue weighted by atomic mass is 16.5. The summed E-state index contributed by atoms with van der Waals surface area (Å²) in [4.78, 5) is 13.2. The number of hydrogen-bond donors (Lipinski definition) is 2. The molecule has 0 aromatic rings. The number of amides is 2. The van der Waals surface area contributed by atoms with E-state index in [0.717, 1.165) is 45.7 Å². The Bertz CT molecular complexity index is 211. The van der Waals surface area contributed by atoms with Gasteiger partial charge in [0, 0.05) is 32.3 Å². The molecule has 0 radical (unpaired) electrons. The predicted molar refractivity (Wildman–Crippen MR) is 63.5 cm³/mol. The molecule has 1 fully saturated rings. The highest BCUT2D eigenvalue weighted by Crippen LogP contribution is 2.06. The molecule has 0 aliphatic carbocycles. The van der Waals surface area contributed by atoms with Gasteiger partial charge in [-0.1, -0.05) is 0 Å². The minimum atomic E-state index is 0.0580. The standard InChI is InChI=1S/C11H23N3O2/c1-10-9-13-11(15)14(10)6-4-8-16-7-3-5-12-2/h10,12H,3-9H2,1-2H3,(H,13,15). The zero-order chi connectivity index (χ0) is 11.8. The lowest BCUT2D eigenvalue weighted by Crippen LogP contribution is -2.33. The Morgan fingerprint density at radius 1 is 1.50 bits per heavy atom. The van der Waals surface area contributed by atoms with Gasteiger partial charge in [-0.3, -0.25) is 0 Å². The van der Waals surface area contributed by atoms with Crippen molar-refractivity contribution in [2.45, 2.75) is 25.8 Å². The third-order valence-electron chi connectivity index (χ3n) is 2.74. The van der Waals surface area contributed by atoms with E-state index in [1.165, 1.54) is 0 Å². The van der Waals surface area contributed by atoms with E-state index < -0.39 is 0 Å². The van der Waals surface area contributed by atoms with Crippen molar-refractivity contribution in [2.24, 2.45) is 0 Å². The van der Waals surface area contributed by atoms with E-state index in [4.69, 9.17) is 4.74 Å². The molecule has 5 nitrogen and oxygen atoms in total. The van der Waals surface area contributed by atoms with Gasteiger partial charge >= 0.3 is 6.03 Å². The third-order valence-corrected chi connectivity index (χ3v) is 2.74. The van der Waals surface area contributed by atoms with Crippen LogP contribution in [0.25, 0.3) is 0 Å². The molecule has 16 heavy (non-hydrogen) atoms. The number of hydrogen-bond acceptors (Lipinski definition) is 3. The van der Waals surface area contributed by atoms with Gasteiger partial charge < -0.3 is 20.3 Å². The number of rotatable bonds is 8. The molecule has 0 bridgehead atoms. The number of ether oxygens (including phenoxy) is 1. The van der Waals surface area contributed by atoms with Gasteiger partial charge in [0.15, 0.2) is 0 Å². The maximum atomic E-state index is 11.4. The van der Waals surface area contributed by atoms with Crippen molar-refractivity contribution in [3.8, 4) is 0 Å². The molecule has 5 heteroatoms. The summed E-state index contributed by atoms with van der Waals surface area (Å²) in [5, 5.41) is 5.90. The van der Waals surface area contributed by atoms with Crippen LogP contribution in [0.15, 0.2) is 0 Å². The summed E-state index contributed by atoms with van der Waals surface area (Å²) in [5.74, 6) is 0. The van der Waals surface area contributed by atoms with E-state index in [1.54, 1.807) is 0 Å². The smallest absolute Gasteiger partial charge is 0.317 e. The molecule has 1 aliphatic heterocycles. The highest BCUT2D eigenvalue weighted by Gasteiger charge is 2.25. The number of carbonyl (C=O) groups is 1. The van der Waals surface area contributed by atoms with Crippen LogP contribution in [0.2, 0.25) is 0 Å². The minimum Gasteiger partial charge on any atom is -0.381 e. The Balaban J connectivity index is 1.96. The van der Waals surface area contributed by atoms with Crippen LogP contribution >= 0.6 is 0 Å². The molecule has 0 spiro atoms. The first-order valence-electron chi connectivity index (χ1n) is 6.02. The van der Waals surface area contributed by atoms with Crippen LogP contribution in [0.4, 0.5) is 4.79 Å². The molecule has 2 amide bonds. The maximum absolute atomic E-state index is 11.4. The quantitative estimate of drug-likeness (QED) is 0.593. The van der Waals surface area contributed by atoms with Crippen molar-refractivity contribution >= 4 is 6.03 Å². The topological polar surface area (TPSA) is 53.6 Å². The van der Waals surface area contributed by atoms with Crippen molar-refractivity contribution in [1.29, 1.82) is 0 Å². The molecular weight excluding hydrogens is 206 g/mol. The van der Waals surface area contributed by atoms with Gasteiger partial charge in [0.1, 0.15) is 0 Å². The first-order valence-corrected chi connectivity index (χ1v) is 6.02. The first-order chi connectivity index (χ1) is 7.75. The molecule has 1 atom stereocenters. The Hall–Kier alpha value is -0.810. The van der Waals surface area contributed by atoms with E-state index in [9.17, 15) is 4.79 Å². The van der Waals surface area contributed by atoms with E-state index >= 15 is 0 Å². The molecule has 0 aromatic heterocycles. The van der Waals surface area contributed by atoms with Crippen LogP contribution < -0.4 is 10.6 Å². The van der Waals surface area contributed by atoms with Gasteiger partial charge in [0.05, 0.1) is 0 Å². The van der Waals surface area contributed by atoms with E-state index in [-0.39, 0.29) is 6.03 Å². The summed E-state index contributed by atoms with van der Waals surface area (Å²) in [6.07, 6.45) is 1.95. The van der Waals surface area contributed by atoms with E-state index in [0.29, 0.717) is 6.04 Å². The van der Waals surface area contributed by atoms with Crippen LogP contribution in [0, 0.1) is 0 Å². The van der Waals surface area contributed by atoms with Crippen LogP contribution in [0.5, 0.6) is 0 Å². The van der Waals surface area contributed by atoms with Crippen molar-refractivity contribution in [2.75, 3.05) is 39.9 Å². The first kappa shape index (κ1) is 13.3. The fraction of sp³-hybridized carbons (Fsp3) is 0.909. The summed E-state index contributed by atoms with van der Waals surface area (Å²) in [6, 6.07) is 0.375. The Labute approximate surface area is 97.5 Å². The summed E-state index contributed by atoms with van der Waals surface area (Å²) >= 11 is 0. The maximum Gasteiger partial charge on any atom is 0.317 e. The third kappa shape index (κ3) is 4.37. The molecule has 1 saturated heterocycles. The fourth-order valence-corrected chi connectivity index (χ4v) is 1.76. The molecule has 2 N–H and O–H groups in total. The molecule has 1 rings (SSSR count). The molecule has 0 aromatic carbocycles. The fourth-order valence-electron chi connectivity index (χ4n) is 1.76. The zero-order valence-electron chi connectivity index (χ0n) is 10.3. The Morgan fingerprint density at radius 2 is 2.25 bits per heavy atom. The van der Waals surface area contributed by atoms with Gasteiger partial charge in [-0.05, 0) is 33.4 Å². The van der Waals surface area contributed by atoms with Crippen LogP contribution in [0.1, 0.15) is 19.8 Å². The van der Waals surface area contributed by atoms with Gasteiger partial charge in [-0.25, -0.2) is 4.79 Å². The summed E-state index contributed by atoms with van der Waals surface area (Å²) < 4.78 is 5.47. The van der Waals surface area contributed by atoms with Crippen molar-refractivity contribution in [3.63, 3.8) is 0 Å². The van der Waals surface area contributed by atoms with Crippen molar-refractivity contribution in [1.82, 2.24) is 15.5 Å². The van der Waals surface area contributed by atoms with Gasteiger partial charge in [-0.2, -0.15) is 0 Å². The normalized spacial score (nSPS) is 20.2. The monoisotopic (exact) mass is 229 g/mol. The summed E-state index contributed by atoms with van der Waals surface area (Å²) in [7, 11) is 1.94. The molecular formula is C11H23N3O2. The van der Waals surface area contributed by atoms with Crippen molar-refractivity contribution < 1.29 is 9.53 Å². The molecule has 0 saturated carbocycles. The van der Waals surface area contributed by atoms with Crippen LogP contribution in [0.3, 0.4) is 0 Å². The molecule has 1 unspecified atom stereocenters. The Morgan fingerprint density at radius 3 is 2.88 bits per heavy atom. The van der Waals surface area contributed by atoms with Crippen molar-refractivity contribution in [3.05, 3.63) is 0 Å². The molecule has 1 heterocycles. The largest absolute Gasteiger partial charge is 0.381 e. The Kier molecular flexibility index (Phi) is 6.18. The number of carbonyl (C=O) groups excluding carboxylic acids is 1. The van der Waals surface area contributed by atoms with Crippen LogP contribution in [-0.4, -0.2) is 56.9 Å². The van der Waals surface area contributed by atoms with Crippen LogP contribution in [-0.2, 0) is 4.74 Å². The number of nitrogens with one attached hydrogen (secondary N) is 2. The van der Waals surface area contributed by atoms with E-state index in [2.05, 4.69) is 17.6 Å². The second-order valence-electron chi connectivity index (χ2n) is 4.15. The SMILES string of the molecule is CNCCCOCCCN1C(=O)NCC1C. The lowest BCUT2D eigenvalue weighted by atomic mass is 10.3. The second-order valence-corrected chi connectivity index (χ2v) is 4.15. The lowest BCUT2D eigenvalue weighted by Gasteiger charge is -2.19. The zero-order valence-corrected chi connectivity index (χ0v) is 10.3. The van der Waals surface area contributed by atoms with Gasteiger partial charge in [0.25, 0.3) is 0 Å². The van der Waals surface area contributed by atoms with Gasteiger partial charge in [0.2, 0.25) is 0 Å². The average molecular weight is 229 g/mol. The average Bonchev–Trinajstić information content (AvgIpc) is 2.59. The lowest BCUT2D eigenvalue weighted by molar-refractivity contribution is 0.120. The molecule has 94 valence electrons. The highest BCUT2D eigenvalue weighted by molar-refractivity contribution is 5.76. The van der Waals surface area contributed by atoms with E-state index in [1.807, 2.05) is 11.9 Å². The number of urea groups is 1. The molecule has 1 aliphatic rings. The minimum absolute atomic E-state index is 0.0580.